The summed E-state index contributed by atoms with van der Waals surface area (Å²) in [5, 5.41) is 50.9. The number of likely N-dealkylation sites (tertiary alicyclic amines) is 2. The minimum Gasteiger partial charge on any atom is -0.481 e. The zero-order valence-corrected chi connectivity index (χ0v) is 36.8. The molecule has 0 saturated carbocycles. The van der Waals surface area contributed by atoms with E-state index in [9.17, 15) is 68.4 Å². The zero-order chi connectivity index (χ0) is 48.5. The number of amides is 7. The molecular weight excluding hydrogens is 855 g/mol. The Balaban J connectivity index is 1.84. The van der Waals surface area contributed by atoms with Crippen LogP contribution in [0.1, 0.15) is 84.1 Å². The molecule has 2 heterocycles. The Morgan fingerprint density at radius 1 is 0.662 bits per heavy atom. The van der Waals surface area contributed by atoms with Gasteiger partial charge in [0.2, 0.25) is 41.4 Å². The van der Waals surface area contributed by atoms with Crippen LogP contribution in [0.4, 0.5) is 0 Å². The quantitative estimate of drug-likeness (QED) is 0.0440. The molecule has 0 aliphatic carbocycles. The van der Waals surface area contributed by atoms with E-state index in [0.29, 0.717) is 31.2 Å². The number of hydrogen-bond donors (Lipinski definition) is 11. The lowest BCUT2D eigenvalue weighted by Gasteiger charge is -2.32. The van der Waals surface area contributed by atoms with E-state index in [1.54, 1.807) is 44.2 Å². The van der Waals surface area contributed by atoms with Crippen LogP contribution in [0.25, 0.3) is 0 Å². The van der Waals surface area contributed by atoms with Crippen LogP contribution in [-0.4, -0.2) is 164 Å². The molecule has 9 atom stereocenters. The minimum absolute atomic E-state index is 0.0204. The number of aliphatic carboxylic acids is 3. The lowest BCUT2D eigenvalue weighted by molar-refractivity contribution is -0.150. The van der Waals surface area contributed by atoms with Crippen molar-refractivity contribution in [1.29, 1.82) is 0 Å². The predicted octanol–water partition coefficient (Wildman–Crippen LogP) is -2.84. The van der Waals surface area contributed by atoms with Crippen molar-refractivity contribution >= 4 is 59.3 Å². The molecule has 23 heteroatoms. The summed E-state index contributed by atoms with van der Waals surface area (Å²) in [7, 11) is 0. The van der Waals surface area contributed by atoms with Gasteiger partial charge < -0.3 is 68.3 Å². The van der Waals surface area contributed by atoms with Gasteiger partial charge in [-0.3, -0.25) is 43.2 Å². The number of unbranched alkanes of at least 4 members (excludes halogenated alkanes) is 1. The smallest absolute Gasteiger partial charge is 0.326 e. The van der Waals surface area contributed by atoms with Gasteiger partial charge in [-0.2, -0.15) is 0 Å². The third-order valence-corrected chi connectivity index (χ3v) is 11.2. The summed E-state index contributed by atoms with van der Waals surface area (Å²) in [5.74, 6) is -11.0. The molecule has 7 amide bonds. The predicted molar refractivity (Wildman–Crippen MR) is 229 cm³/mol. The van der Waals surface area contributed by atoms with Crippen LogP contribution >= 0.6 is 0 Å². The van der Waals surface area contributed by atoms with Gasteiger partial charge in [-0.05, 0) is 69.9 Å². The summed E-state index contributed by atoms with van der Waals surface area (Å²) < 4.78 is 0. The molecule has 2 aliphatic heterocycles. The largest absolute Gasteiger partial charge is 0.481 e. The number of carboxylic acid groups (broad SMARTS) is 3. The topological polar surface area (TPSA) is 370 Å². The standard InChI is InChI=1S/C42H63N9O14/c1-22(2)34(39(61)47-26(19-24-11-5-4-6-12-24)35(57)48-28(21-32(55)56)41(63)51-18-10-15-30(51)42(64)65)49-37(59)29-14-9-17-50(29)40(62)25(13-7-8-16-43)45-36(58)27(20-31(53)54)46-38(60)33(44)23(3)52/h4-6,11-12,22-23,25-30,33-34,52H,7-10,13-21,43-44H2,1-3H3,(H,45,58)(H,46,60)(H,47,61)(H,48,57)(H,49,59)(H,53,54)(H,55,56)(H,64,65)/t23-,25+,26+,27+,28+,29+,30+,33+,34+/m1/s1. The number of carboxylic acids is 3. The van der Waals surface area contributed by atoms with Gasteiger partial charge in [0, 0.05) is 19.5 Å². The average molecular weight is 918 g/mol. The van der Waals surface area contributed by atoms with Crippen molar-refractivity contribution in [1.82, 2.24) is 36.4 Å². The summed E-state index contributed by atoms with van der Waals surface area (Å²) in [6.45, 7) is 4.81. The Kier molecular flexibility index (Phi) is 20.7. The molecule has 2 saturated heterocycles. The van der Waals surface area contributed by atoms with Crippen molar-refractivity contribution in [2.24, 2.45) is 17.4 Å². The third kappa shape index (κ3) is 15.8. The van der Waals surface area contributed by atoms with Crippen LogP contribution in [-0.2, 0) is 54.4 Å². The molecule has 65 heavy (non-hydrogen) atoms. The summed E-state index contributed by atoms with van der Waals surface area (Å²) in [6.07, 6.45) is -1.45. The fourth-order valence-electron chi connectivity index (χ4n) is 7.64. The number of rotatable bonds is 25. The maximum Gasteiger partial charge on any atom is 0.326 e. The van der Waals surface area contributed by atoms with Crippen molar-refractivity contribution in [2.45, 2.75) is 139 Å². The highest BCUT2D eigenvalue weighted by molar-refractivity contribution is 5.99. The molecular formula is C42H63N9O14. The normalized spacial score (nSPS) is 19.1. The van der Waals surface area contributed by atoms with E-state index in [2.05, 4.69) is 26.6 Å². The summed E-state index contributed by atoms with van der Waals surface area (Å²) in [6, 6.07) is -2.83. The SMILES string of the molecule is CC(C)[C@H](NC(=O)[C@@H]1CCCN1C(=O)[C@H](CCCCN)NC(=O)[C@H](CC(=O)O)NC(=O)[C@@H](N)[C@@H](C)O)C(=O)N[C@@H](Cc1ccccc1)C(=O)N[C@@H](CC(=O)O)C(=O)N1CCC[C@H]1C(=O)O. The fraction of sp³-hybridized carbons (Fsp3) is 0.619. The summed E-state index contributed by atoms with van der Waals surface area (Å²) in [5.41, 5.74) is 11.9. The lowest BCUT2D eigenvalue weighted by atomic mass is 10.00. The summed E-state index contributed by atoms with van der Waals surface area (Å²) in [4.78, 5) is 133. The first-order chi connectivity index (χ1) is 30.7. The molecule has 3 rings (SSSR count). The van der Waals surface area contributed by atoms with Crippen molar-refractivity contribution in [3.63, 3.8) is 0 Å². The van der Waals surface area contributed by atoms with Gasteiger partial charge in [0.1, 0.15) is 48.3 Å². The third-order valence-electron chi connectivity index (χ3n) is 11.2. The Bertz CT molecular complexity index is 1880. The first-order valence-corrected chi connectivity index (χ1v) is 21.6. The van der Waals surface area contributed by atoms with Crippen molar-refractivity contribution in [3.8, 4) is 0 Å². The van der Waals surface area contributed by atoms with Crippen LogP contribution in [0.15, 0.2) is 30.3 Å². The molecule has 2 fully saturated rings. The highest BCUT2D eigenvalue weighted by Gasteiger charge is 2.42. The second kappa shape index (κ2) is 25.3. The minimum atomic E-state index is -1.69. The van der Waals surface area contributed by atoms with Gasteiger partial charge in [0.25, 0.3) is 0 Å². The molecule has 0 bridgehead atoms. The van der Waals surface area contributed by atoms with E-state index in [1.165, 1.54) is 11.8 Å². The highest BCUT2D eigenvalue weighted by atomic mass is 16.4. The summed E-state index contributed by atoms with van der Waals surface area (Å²) >= 11 is 0. The Hall–Kier alpha value is -6.20. The molecule has 0 spiro atoms. The molecule has 1 aromatic carbocycles. The maximum atomic E-state index is 14.2. The number of nitrogens with one attached hydrogen (secondary N) is 5. The number of nitrogens with two attached hydrogens (primary N) is 2. The molecule has 13 N–H and O–H groups in total. The number of benzene rings is 1. The molecule has 0 unspecified atom stereocenters. The zero-order valence-electron chi connectivity index (χ0n) is 36.8. The Morgan fingerprint density at radius 3 is 1.72 bits per heavy atom. The molecule has 360 valence electrons. The second-order valence-electron chi connectivity index (χ2n) is 16.6. The van der Waals surface area contributed by atoms with Crippen molar-refractivity contribution in [3.05, 3.63) is 35.9 Å². The number of carbonyl (C=O) groups excluding carboxylic acids is 7. The molecule has 1 aromatic rings. The van der Waals surface area contributed by atoms with Gasteiger partial charge in [0.05, 0.1) is 18.9 Å². The Morgan fingerprint density at radius 2 is 1.17 bits per heavy atom. The molecule has 2 aliphatic rings. The van der Waals surface area contributed by atoms with E-state index in [1.807, 2.05) is 0 Å². The maximum absolute atomic E-state index is 14.2. The van der Waals surface area contributed by atoms with E-state index < -0.39 is 132 Å². The molecule has 0 radical (unpaired) electrons. The van der Waals surface area contributed by atoms with Crippen molar-refractivity contribution < 1.29 is 68.4 Å². The van der Waals surface area contributed by atoms with Crippen LogP contribution in [0.2, 0.25) is 0 Å². The number of nitrogens with zero attached hydrogens (tertiary/aromatic N) is 2. The fourth-order valence-corrected chi connectivity index (χ4v) is 7.64. The van der Waals surface area contributed by atoms with Crippen molar-refractivity contribution in [2.75, 3.05) is 19.6 Å². The Labute approximate surface area is 375 Å². The molecule has 23 nitrogen and oxygen atoms in total. The number of aliphatic hydroxyl groups is 1. The highest BCUT2D eigenvalue weighted by Crippen LogP contribution is 2.22. The number of carbonyl (C=O) groups is 10. The van der Waals surface area contributed by atoms with Gasteiger partial charge in [-0.1, -0.05) is 44.2 Å². The molecule has 0 aromatic heterocycles. The van der Waals surface area contributed by atoms with Gasteiger partial charge >= 0.3 is 17.9 Å². The number of hydrogen-bond acceptors (Lipinski definition) is 13. The average Bonchev–Trinajstić information content (AvgIpc) is 3.95. The number of aliphatic hydroxyl groups excluding tert-OH is 1. The first-order valence-electron chi connectivity index (χ1n) is 21.6. The van der Waals surface area contributed by atoms with E-state index in [4.69, 9.17) is 11.5 Å². The van der Waals surface area contributed by atoms with Gasteiger partial charge in [-0.25, -0.2) is 4.79 Å². The van der Waals surface area contributed by atoms with Crippen LogP contribution < -0.4 is 38.1 Å². The van der Waals surface area contributed by atoms with Gasteiger partial charge in [0.15, 0.2) is 0 Å². The van der Waals surface area contributed by atoms with Crippen LogP contribution in [0, 0.1) is 5.92 Å². The van der Waals surface area contributed by atoms with Crippen LogP contribution in [0.5, 0.6) is 0 Å². The second-order valence-corrected chi connectivity index (χ2v) is 16.6. The van der Waals surface area contributed by atoms with E-state index >= 15 is 0 Å². The van der Waals surface area contributed by atoms with E-state index in [0.717, 1.165) is 4.90 Å². The van der Waals surface area contributed by atoms with Crippen LogP contribution in [0.3, 0.4) is 0 Å². The first kappa shape index (κ1) is 53.1. The monoisotopic (exact) mass is 917 g/mol. The van der Waals surface area contributed by atoms with E-state index in [-0.39, 0.29) is 45.3 Å². The lowest BCUT2D eigenvalue weighted by Crippen LogP contribution is -2.61. The van der Waals surface area contributed by atoms with Gasteiger partial charge in [-0.15, -0.1) is 0 Å².